The number of ether oxygens (including phenoxy) is 1. The topological polar surface area (TPSA) is 66.8 Å². The maximum absolute atomic E-state index is 12.4. The third-order valence-corrected chi connectivity index (χ3v) is 2.73. The third-order valence-electron chi connectivity index (χ3n) is 2.73. The van der Waals surface area contributed by atoms with E-state index >= 15 is 0 Å². The first-order valence-corrected chi connectivity index (χ1v) is 6.61. The first-order chi connectivity index (χ1) is 9.99. The monoisotopic (exact) mass is 289 g/mol. The number of likely N-dealkylation sites (N-methyl/N-ethyl adjacent to an activating group) is 1. The highest BCUT2D eigenvalue weighted by Crippen LogP contribution is 2.13. The van der Waals surface area contributed by atoms with Crippen molar-refractivity contribution in [3.8, 4) is 11.8 Å². The number of aliphatic hydroxyl groups is 1. The van der Waals surface area contributed by atoms with Crippen LogP contribution in [0.15, 0.2) is 18.2 Å². The SMILES string of the molecule is CCOC(=O)CN(C)C(=O)c1ccc(C)cc1C#CCO. The molecule has 0 aliphatic rings. The third kappa shape index (κ3) is 4.93. The Morgan fingerprint density at radius 2 is 2.10 bits per heavy atom. The van der Waals surface area contributed by atoms with Gasteiger partial charge in [-0.2, -0.15) is 0 Å². The van der Waals surface area contributed by atoms with E-state index in [1.54, 1.807) is 25.1 Å². The van der Waals surface area contributed by atoms with Crippen molar-refractivity contribution in [1.29, 1.82) is 0 Å². The van der Waals surface area contributed by atoms with Crippen molar-refractivity contribution >= 4 is 11.9 Å². The zero-order valence-electron chi connectivity index (χ0n) is 12.5. The molecule has 5 nitrogen and oxygen atoms in total. The van der Waals surface area contributed by atoms with Crippen LogP contribution in [-0.2, 0) is 9.53 Å². The number of hydrogen-bond donors (Lipinski definition) is 1. The molecule has 0 atom stereocenters. The maximum Gasteiger partial charge on any atom is 0.325 e. The van der Waals surface area contributed by atoms with Gasteiger partial charge < -0.3 is 14.7 Å². The molecule has 0 saturated heterocycles. The van der Waals surface area contributed by atoms with Crippen LogP contribution in [0.1, 0.15) is 28.4 Å². The number of aryl methyl sites for hydroxylation is 1. The molecule has 1 rings (SSSR count). The summed E-state index contributed by atoms with van der Waals surface area (Å²) in [5.41, 5.74) is 1.89. The van der Waals surface area contributed by atoms with Gasteiger partial charge in [-0.1, -0.05) is 17.9 Å². The standard InChI is InChI=1S/C16H19NO4/c1-4-21-15(19)11-17(3)16(20)14-8-7-12(2)10-13(14)6-5-9-18/h7-8,10,18H,4,9,11H2,1-3H3. The molecule has 112 valence electrons. The van der Waals surface area contributed by atoms with Gasteiger partial charge in [-0.25, -0.2) is 0 Å². The van der Waals surface area contributed by atoms with E-state index in [2.05, 4.69) is 11.8 Å². The van der Waals surface area contributed by atoms with Crippen LogP contribution in [0.4, 0.5) is 0 Å². The van der Waals surface area contributed by atoms with E-state index in [0.717, 1.165) is 5.56 Å². The molecular formula is C16H19NO4. The summed E-state index contributed by atoms with van der Waals surface area (Å²) < 4.78 is 4.82. The molecule has 0 fully saturated rings. The van der Waals surface area contributed by atoms with Crippen molar-refractivity contribution < 1.29 is 19.4 Å². The Hall–Kier alpha value is -2.32. The lowest BCUT2D eigenvalue weighted by atomic mass is 10.0. The lowest BCUT2D eigenvalue weighted by molar-refractivity contribution is -0.143. The van der Waals surface area contributed by atoms with Gasteiger partial charge in [-0.15, -0.1) is 0 Å². The average molecular weight is 289 g/mol. The molecule has 0 spiro atoms. The second-order valence-electron chi connectivity index (χ2n) is 4.48. The number of carbonyl (C=O) groups excluding carboxylic acids is 2. The summed E-state index contributed by atoms with van der Waals surface area (Å²) in [6.07, 6.45) is 0. The van der Waals surface area contributed by atoms with Gasteiger partial charge in [0.1, 0.15) is 13.2 Å². The molecule has 21 heavy (non-hydrogen) atoms. The minimum Gasteiger partial charge on any atom is -0.465 e. The molecule has 1 amide bonds. The van der Waals surface area contributed by atoms with Crippen LogP contribution in [0.25, 0.3) is 0 Å². The van der Waals surface area contributed by atoms with Crippen molar-refractivity contribution in [3.63, 3.8) is 0 Å². The summed E-state index contributed by atoms with van der Waals surface area (Å²) in [6.45, 7) is 3.48. The molecule has 0 aromatic heterocycles. The highest BCUT2D eigenvalue weighted by Gasteiger charge is 2.18. The largest absolute Gasteiger partial charge is 0.465 e. The molecule has 0 radical (unpaired) electrons. The Morgan fingerprint density at radius 3 is 2.71 bits per heavy atom. The Bertz CT molecular complexity index is 584. The smallest absolute Gasteiger partial charge is 0.325 e. The van der Waals surface area contributed by atoms with Crippen LogP contribution in [0.5, 0.6) is 0 Å². The molecule has 0 bridgehead atoms. The van der Waals surface area contributed by atoms with E-state index in [1.807, 2.05) is 6.92 Å². The van der Waals surface area contributed by atoms with Gasteiger partial charge >= 0.3 is 5.97 Å². The van der Waals surface area contributed by atoms with E-state index in [4.69, 9.17) is 9.84 Å². The Balaban J connectivity index is 2.98. The summed E-state index contributed by atoms with van der Waals surface area (Å²) in [7, 11) is 1.53. The minimum atomic E-state index is -0.455. The van der Waals surface area contributed by atoms with Crippen molar-refractivity contribution in [2.75, 3.05) is 26.8 Å². The molecule has 1 N–H and O–H groups in total. The van der Waals surface area contributed by atoms with E-state index in [-0.39, 0.29) is 25.7 Å². The summed E-state index contributed by atoms with van der Waals surface area (Å²) in [6, 6.07) is 5.24. The summed E-state index contributed by atoms with van der Waals surface area (Å²) in [4.78, 5) is 25.1. The summed E-state index contributed by atoms with van der Waals surface area (Å²) in [5.74, 6) is 4.51. The van der Waals surface area contributed by atoms with Gasteiger partial charge in [-0.3, -0.25) is 9.59 Å². The highest BCUT2D eigenvalue weighted by atomic mass is 16.5. The van der Waals surface area contributed by atoms with Crippen LogP contribution >= 0.6 is 0 Å². The highest BCUT2D eigenvalue weighted by molar-refractivity contribution is 5.98. The molecule has 0 unspecified atom stereocenters. The number of nitrogens with zero attached hydrogens (tertiary/aromatic N) is 1. The summed E-state index contributed by atoms with van der Waals surface area (Å²) >= 11 is 0. The molecular weight excluding hydrogens is 270 g/mol. The Morgan fingerprint density at radius 1 is 1.38 bits per heavy atom. The number of hydrogen-bond acceptors (Lipinski definition) is 4. The van der Waals surface area contributed by atoms with Crippen LogP contribution in [0.3, 0.4) is 0 Å². The Kier molecular flexibility index (Phi) is 6.44. The van der Waals surface area contributed by atoms with E-state index in [1.165, 1.54) is 11.9 Å². The number of esters is 1. The molecule has 1 aromatic rings. The molecule has 0 saturated carbocycles. The molecule has 5 heteroatoms. The van der Waals surface area contributed by atoms with Crippen LogP contribution in [0.2, 0.25) is 0 Å². The number of benzene rings is 1. The molecule has 0 heterocycles. The number of aliphatic hydroxyl groups excluding tert-OH is 1. The van der Waals surface area contributed by atoms with Crippen molar-refractivity contribution in [2.24, 2.45) is 0 Å². The molecule has 0 aliphatic carbocycles. The number of rotatable bonds is 4. The van der Waals surface area contributed by atoms with E-state index in [9.17, 15) is 9.59 Å². The minimum absolute atomic E-state index is 0.118. The van der Waals surface area contributed by atoms with Gasteiger partial charge in [0.2, 0.25) is 0 Å². The van der Waals surface area contributed by atoms with E-state index in [0.29, 0.717) is 11.1 Å². The predicted octanol–water partition coefficient (Wildman–Crippen LogP) is 0.974. The lowest BCUT2D eigenvalue weighted by Gasteiger charge is -2.17. The fourth-order valence-corrected chi connectivity index (χ4v) is 1.76. The average Bonchev–Trinajstić information content (AvgIpc) is 2.44. The number of carbonyl (C=O) groups is 2. The first-order valence-electron chi connectivity index (χ1n) is 6.61. The van der Waals surface area contributed by atoms with Gasteiger partial charge in [0.15, 0.2) is 0 Å². The first kappa shape index (κ1) is 16.7. The van der Waals surface area contributed by atoms with Gasteiger partial charge in [0, 0.05) is 12.6 Å². The lowest BCUT2D eigenvalue weighted by Crippen LogP contribution is -2.33. The second kappa shape index (κ2) is 8.08. The normalized spacial score (nSPS) is 9.52. The fraction of sp³-hybridized carbons (Fsp3) is 0.375. The zero-order valence-corrected chi connectivity index (χ0v) is 12.5. The van der Waals surface area contributed by atoms with Gasteiger partial charge in [0.05, 0.1) is 12.2 Å². The van der Waals surface area contributed by atoms with Crippen LogP contribution < -0.4 is 0 Å². The fourth-order valence-electron chi connectivity index (χ4n) is 1.76. The summed E-state index contributed by atoms with van der Waals surface area (Å²) in [5, 5.41) is 8.78. The quantitative estimate of drug-likeness (QED) is 0.662. The molecule has 1 aromatic carbocycles. The number of amides is 1. The molecule has 0 aliphatic heterocycles. The van der Waals surface area contributed by atoms with Crippen molar-refractivity contribution in [2.45, 2.75) is 13.8 Å². The van der Waals surface area contributed by atoms with Gasteiger partial charge in [-0.05, 0) is 31.5 Å². The zero-order chi connectivity index (χ0) is 15.8. The second-order valence-corrected chi connectivity index (χ2v) is 4.48. The van der Waals surface area contributed by atoms with Crippen LogP contribution in [-0.4, -0.2) is 48.7 Å². The maximum atomic E-state index is 12.4. The predicted molar refractivity (Wildman–Crippen MR) is 78.7 cm³/mol. The van der Waals surface area contributed by atoms with E-state index < -0.39 is 5.97 Å². The van der Waals surface area contributed by atoms with Crippen molar-refractivity contribution in [1.82, 2.24) is 4.90 Å². The van der Waals surface area contributed by atoms with Gasteiger partial charge in [0.25, 0.3) is 5.91 Å². The van der Waals surface area contributed by atoms with Crippen molar-refractivity contribution in [3.05, 3.63) is 34.9 Å². The van der Waals surface area contributed by atoms with Crippen LogP contribution in [0, 0.1) is 18.8 Å². The Labute approximate surface area is 124 Å².